The monoisotopic (exact) mass is 232 g/mol. The van der Waals surface area contributed by atoms with Crippen molar-refractivity contribution >= 4 is 11.8 Å². The Morgan fingerprint density at radius 1 is 1.29 bits per heavy atom. The Morgan fingerprint density at radius 2 is 2.06 bits per heavy atom. The molecule has 0 bridgehead atoms. The van der Waals surface area contributed by atoms with Crippen LogP contribution in [0, 0.1) is 5.92 Å². The summed E-state index contributed by atoms with van der Waals surface area (Å²) < 4.78 is 5.20. The SMILES string of the molecule is O=C1CCCC(CC(=O)Oc2ccccc2)C1. The summed E-state index contributed by atoms with van der Waals surface area (Å²) in [6.07, 6.45) is 3.41. The number of hydrogen-bond acceptors (Lipinski definition) is 3. The molecular weight excluding hydrogens is 216 g/mol. The lowest BCUT2D eigenvalue weighted by Crippen LogP contribution is -2.20. The summed E-state index contributed by atoms with van der Waals surface area (Å²) in [6, 6.07) is 9.03. The maximum atomic E-state index is 11.7. The number of ketones is 1. The Morgan fingerprint density at radius 3 is 2.76 bits per heavy atom. The fourth-order valence-electron chi connectivity index (χ4n) is 2.19. The van der Waals surface area contributed by atoms with Gasteiger partial charge in [-0.3, -0.25) is 9.59 Å². The van der Waals surface area contributed by atoms with Gasteiger partial charge < -0.3 is 4.74 Å². The molecule has 1 saturated carbocycles. The normalized spacial score (nSPS) is 20.0. The molecule has 1 aliphatic carbocycles. The van der Waals surface area contributed by atoms with Crippen molar-refractivity contribution in [3.63, 3.8) is 0 Å². The number of carbonyl (C=O) groups excluding carboxylic acids is 2. The highest BCUT2D eigenvalue weighted by atomic mass is 16.5. The van der Waals surface area contributed by atoms with Gasteiger partial charge in [0.15, 0.2) is 0 Å². The maximum Gasteiger partial charge on any atom is 0.311 e. The van der Waals surface area contributed by atoms with Gasteiger partial charge in [-0.25, -0.2) is 0 Å². The highest BCUT2D eigenvalue weighted by Gasteiger charge is 2.22. The minimum atomic E-state index is -0.240. The van der Waals surface area contributed by atoms with Gasteiger partial charge in [-0.2, -0.15) is 0 Å². The first-order valence-corrected chi connectivity index (χ1v) is 6.01. The summed E-state index contributed by atoms with van der Waals surface area (Å²) >= 11 is 0. The smallest absolute Gasteiger partial charge is 0.311 e. The van der Waals surface area contributed by atoms with Crippen LogP contribution in [0.4, 0.5) is 0 Å². The van der Waals surface area contributed by atoms with Gasteiger partial charge in [0, 0.05) is 19.3 Å². The molecule has 1 atom stereocenters. The van der Waals surface area contributed by atoms with Crippen molar-refractivity contribution in [2.24, 2.45) is 5.92 Å². The van der Waals surface area contributed by atoms with E-state index in [9.17, 15) is 9.59 Å². The lowest BCUT2D eigenvalue weighted by molar-refractivity contribution is -0.136. The predicted octanol–water partition coefficient (Wildman–Crippen LogP) is 2.74. The topological polar surface area (TPSA) is 43.4 Å². The van der Waals surface area contributed by atoms with Crippen LogP contribution < -0.4 is 4.74 Å². The predicted molar refractivity (Wildman–Crippen MR) is 63.7 cm³/mol. The largest absolute Gasteiger partial charge is 0.427 e. The van der Waals surface area contributed by atoms with Gasteiger partial charge in [-0.05, 0) is 30.9 Å². The van der Waals surface area contributed by atoms with E-state index >= 15 is 0 Å². The third-order valence-electron chi connectivity index (χ3n) is 3.01. The summed E-state index contributed by atoms with van der Waals surface area (Å²) in [5.41, 5.74) is 0. The summed E-state index contributed by atoms with van der Waals surface area (Å²) in [5.74, 6) is 0.775. The number of ether oxygens (including phenoxy) is 1. The molecule has 0 aromatic heterocycles. The van der Waals surface area contributed by atoms with Crippen LogP contribution >= 0.6 is 0 Å². The van der Waals surface area contributed by atoms with E-state index in [-0.39, 0.29) is 17.7 Å². The highest BCUT2D eigenvalue weighted by molar-refractivity contribution is 5.80. The molecule has 0 saturated heterocycles. The zero-order chi connectivity index (χ0) is 12.1. The fraction of sp³-hybridized carbons (Fsp3) is 0.429. The van der Waals surface area contributed by atoms with Gasteiger partial charge in [0.05, 0.1) is 0 Å². The minimum Gasteiger partial charge on any atom is -0.427 e. The second kappa shape index (κ2) is 5.62. The van der Waals surface area contributed by atoms with E-state index in [0.29, 0.717) is 25.0 Å². The van der Waals surface area contributed by atoms with E-state index in [1.54, 1.807) is 12.1 Å². The van der Waals surface area contributed by atoms with Crippen LogP contribution in [0.2, 0.25) is 0 Å². The molecule has 0 N–H and O–H groups in total. The number of benzene rings is 1. The van der Waals surface area contributed by atoms with Crippen molar-refractivity contribution in [1.29, 1.82) is 0 Å². The van der Waals surface area contributed by atoms with E-state index in [2.05, 4.69) is 0 Å². The van der Waals surface area contributed by atoms with E-state index in [4.69, 9.17) is 4.74 Å². The van der Waals surface area contributed by atoms with Crippen LogP contribution in [0.15, 0.2) is 30.3 Å². The lowest BCUT2D eigenvalue weighted by Gasteiger charge is -2.19. The van der Waals surface area contributed by atoms with Crippen LogP contribution in [0.5, 0.6) is 5.75 Å². The van der Waals surface area contributed by atoms with Crippen molar-refractivity contribution < 1.29 is 14.3 Å². The van der Waals surface area contributed by atoms with Crippen LogP contribution in [0.3, 0.4) is 0 Å². The molecule has 1 aromatic rings. The molecule has 0 amide bonds. The van der Waals surface area contributed by atoms with E-state index in [0.717, 1.165) is 12.8 Å². The van der Waals surface area contributed by atoms with Crippen molar-refractivity contribution in [2.75, 3.05) is 0 Å². The molecule has 1 fully saturated rings. The van der Waals surface area contributed by atoms with Gasteiger partial charge in [0.1, 0.15) is 11.5 Å². The Hall–Kier alpha value is -1.64. The number of para-hydroxylation sites is 1. The minimum absolute atomic E-state index is 0.174. The molecule has 2 rings (SSSR count). The van der Waals surface area contributed by atoms with Crippen molar-refractivity contribution in [1.82, 2.24) is 0 Å². The second-order valence-corrected chi connectivity index (χ2v) is 4.49. The molecule has 17 heavy (non-hydrogen) atoms. The quantitative estimate of drug-likeness (QED) is 0.594. The van der Waals surface area contributed by atoms with E-state index < -0.39 is 0 Å². The molecule has 0 aliphatic heterocycles. The van der Waals surface area contributed by atoms with Crippen molar-refractivity contribution in [3.8, 4) is 5.75 Å². The summed E-state index contributed by atoms with van der Waals surface area (Å²) in [6.45, 7) is 0. The van der Waals surface area contributed by atoms with Gasteiger partial charge in [-0.15, -0.1) is 0 Å². The number of esters is 1. The number of hydrogen-bond donors (Lipinski definition) is 0. The average Bonchev–Trinajstić information content (AvgIpc) is 2.30. The van der Waals surface area contributed by atoms with Gasteiger partial charge in [0.2, 0.25) is 0 Å². The molecule has 90 valence electrons. The van der Waals surface area contributed by atoms with Crippen molar-refractivity contribution in [3.05, 3.63) is 30.3 Å². The van der Waals surface area contributed by atoms with Gasteiger partial charge in [-0.1, -0.05) is 18.2 Å². The van der Waals surface area contributed by atoms with Crippen LogP contribution in [0.25, 0.3) is 0 Å². The Balaban J connectivity index is 1.83. The summed E-state index contributed by atoms with van der Waals surface area (Å²) in [7, 11) is 0. The standard InChI is InChI=1S/C14H16O3/c15-12-6-4-5-11(9-12)10-14(16)17-13-7-2-1-3-8-13/h1-3,7-8,11H,4-6,9-10H2. The molecule has 3 nitrogen and oxygen atoms in total. The number of carbonyl (C=O) groups is 2. The second-order valence-electron chi connectivity index (χ2n) is 4.49. The molecule has 1 aromatic carbocycles. The molecule has 1 aliphatic rings. The van der Waals surface area contributed by atoms with E-state index in [1.165, 1.54) is 0 Å². The first-order chi connectivity index (χ1) is 8.24. The maximum absolute atomic E-state index is 11.7. The Labute approximate surface area is 101 Å². The molecule has 0 radical (unpaired) electrons. The Kier molecular flexibility index (Phi) is 3.91. The molecule has 0 spiro atoms. The zero-order valence-corrected chi connectivity index (χ0v) is 9.72. The van der Waals surface area contributed by atoms with Gasteiger partial charge in [0.25, 0.3) is 0 Å². The molecule has 1 unspecified atom stereocenters. The van der Waals surface area contributed by atoms with E-state index in [1.807, 2.05) is 18.2 Å². The number of Topliss-reactive ketones (excluding diaryl/α,β-unsaturated/α-hetero) is 1. The Bertz CT molecular complexity index is 397. The fourth-order valence-corrected chi connectivity index (χ4v) is 2.19. The lowest BCUT2D eigenvalue weighted by atomic mass is 9.86. The van der Waals surface area contributed by atoms with Crippen molar-refractivity contribution in [2.45, 2.75) is 32.1 Å². The van der Waals surface area contributed by atoms with Crippen LogP contribution in [-0.2, 0) is 9.59 Å². The van der Waals surface area contributed by atoms with Crippen LogP contribution in [0.1, 0.15) is 32.1 Å². The number of rotatable bonds is 3. The third-order valence-corrected chi connectivity index (χ3v) is 3.01. The molecular formula is C14H16O3. The van der Waals surface area contributed by atoms with Crippen LogP contribution in [-0.4, -0.2) is 11.8 Å². The first kappa shape index (κ1) is 11.8. The summed E-state index contributed by atoms with van der Waals surface area (Å²) in [5, 5.41) is 0. The zero-order valence-electron chi connectivity index (χ0n) is 9.72. The third kappa shape index (κ3) is 3.70. The average molecular weight is 232 g/mol. The molecule has 3 heteroatoms. The highest BCUT2D eigenvalue weighted by Crippen LogP contribution is 2.24. The summed E-state index contributed by atoms with van der Waals surface area (Å²) in [4.78, 5) is 22.9. The van der Waals surface area contributed by atoms with Gasteiger partial charge >= 0.3 is 5.97 Å². The molecule has 0 heterocycles. The first-order valence-electron chi connectivity index (χ1n) is 6.01.